The molecule has 8 heterocycles. The van der Waals surface area contributed by atoms with Gasteiger partial charge in [-0.25, -0.2) is 24.7 Å². The highest BCUT2D eigenvalue weighted by Crippen LogP contribution is 2.41. The molecular formula is C58H75ClN12O9S2. The number of rotatable bonds is 10. The summed E-state index contributed by atoms with van der Waals surface area (Å²) in [6.07, 6.45) is 9.09. The molecule has 4 aromatic heterocycles. The number of primary amides is 2. The number of aliphatic carboxylic acids is 1. The van der Waals surface area contributed by atoms with Gasteiger partial charge in [0.25, 0.3) is 11.8 Å². The Labute approximate surface area is 491 Å². The van der Waals surface area contributed by atoms with E-state index in [1.54, 1.807) is 16.2 Å². The first-order valence-electron chi connectivity index (χ1n) is 27.4. The van der Waals surface area contributed by atoms with Gasteiger partial charge in [-0.1, -0.05) is 39.8 Å². The maximum Gasteiger partial charge on any atom is 0.394 e. The van der Waals surface area contributed by atoms with Gasteiger partial charge in [0, 0.05) is 37.5 Å². The highest BCUT2D eigenvalue weighted by Gasteiger charge is 2.36. The molecule has 440 valence electrons. The SMILES string of the molecule is COc1ncc(NC(=O)C(=O)N2C[C@@H](C)CC[C@@H]2c2ccc3sc([C@H]4CCN(C)C[C@@H]4C)nc3c2)cc1C(N)=O.COc1ncc(NC(=O)C(=O)O)cc1C(N)=O.C[C@H]1CC[C@H](c2ccc3sc([C@H]4CCN(C)C[C@@H]4C)nc3c2)NC1.Cl. The molecule has 10 rings (SSSR count). The van der Waals surface area contributed by atoms with Crippen molar-refractivity contribution in [3.8, 4) is 11.8 Å². The Morgan fingerprint density at radius 3 is 1.60 bits per heavy atom. The third kappa shape index (κ3) is 15.2. The maximum atomic E-state index is 13.5. The number of thiazole rings is 2. The van der Waals surface area contributed by atoms with Crippen LogP contribution in [0.15, 0.2) is 60.9 Å². The number of carbonyl (C=O) groups is 6. The summed E-state index contributed by atoms with van der Waals surface area (Å²) in [6.45, 7) is 15.2. The predicted molar refractivity (Wildman–Crippen MR) is 320 cm³/mol. The number of hydrogen-bond acceptors (Lipinski definition) is 17. The van der Waals surface area contributed by atoms with Crippen LogP contribution in [0.3, 0.4) is 0 Å². The lowest BCUT2D eigenvalue weighted by atomic mass is 9.87. The molecular weight excluding hydrogens is 1110 g/mol. The van der Waals surface area contributed by atoms with Crippen LogP contribution in [0.4, 0.5) is 11.4 Å². The summed E-state index contributed by atoms with van der Waals surface area (Å²) >= 11 is 3.68. The minimum absolute atomic E-state index is 0. The van der Waals surface area contributed by atoms with Crippen LogP contribution in [-0.4, -0.2) is 143 Å². The number of likely N-dealkylation sites (tertiary alicyclic amines) is 3. The first-order chi connectivity index (χ1) is 38.7. The van der Waals surface area contributed by atoms with Crippen molar-refractivity contribution in [3.05, 3.63) is 93.2 Å². The summed E-state index contributed by atoms with van der Waals surface area (Å²) in [5.41, 5.74) is 15.2. The maximum absolute atomic E-state index is 13.5. The summed E-state index contributed by atoms with van der Waals surface area (Å²) in [5, 5.41) is 19.2. The van der Waals surface area contributed by atoms with Crippen LogP contribution in [0.2, 0.25) is 0 Å². The number of carboxylic acids is 1. The summed E-state index contributed by atoms with van der Waals surface area (Å²) in [6, 6.07) is 16.0. The lowest BCUT2D eigenvalue weighted by molar-refractivity contribution is -0.147. The van der Waals surface area contributed by atoms with Crippen molar-refractivity contribution < 1.29 is 43.3 Å². The Hall–Kier alpha value is -6.89. The average Bonchev–Trinajstić information content (AvgIpc) is 4.08. The number of benzene rings is 2. The molecule has 8 atom stereocenters. The topological polar surface area (TPSA) is 291 Å². The molecule has 82 heavy (non-hydrogen) atoms. The molecule has 5 amide bonds. The monoisotopic (exact) mass is 1180 g/mol. The van der Waals surface area contributed by atoms with E-state index in [2.05, 4.69) is 109 Å². The number of nitrogens with one attached hydrogen (secondary N) is 3. The molecule has 0 unspecified atom stereocenters. The summed E-state index contributed by atoms with van der Waals surface area (Å²) in [7, 11) is 7.06. The normalized spacial score (nSPS) is 23.0. The van der Waals surface area contributed by atoms with Gasteiger partial charge in [-0.05, 0) is 143 Å². The van der Waals surface area contributed by atoms with E-state index in [1.165, 1.54) is 90.7 Å². The number of aromatic nitrogens is 4. The first kappa shape index (κ1) is 62.7. The number of ether oxygens (including phenoxy) is 2. The fourth-order valence-corrected chi connectivity index (χ4v) is 13.8. The number of anilines is 2. The van der Waals surface area contributed by atoms with E-state index in [0.717, 1.165) is 66.8 Å². The van der Waals surface area contributed by atoms with Crippen LogP contribution in [0.1, 0.15) is 132 Å². The third-order valence-corrected chi connectivity index (χ3v) is 18.1. The Morgan fingerprint density at radius 2 is 1.13 bits per heavy atom. The van der Waals surface area contributed by atoms with Crippen molar-refractivity contribution in [1.82, 2.24) is 40.0 Å². The lowest BCUT2D eigenvalue weighted by Crippen LogP contribution is -2.46. The van der Waals surface area contributed by atoms with E-state index in [1.807, 2.05) is 16.7 Å². The summed E-state index contributed by atoms with van der Waals surface area (Å²) < 4.78 is 12.3. The minimum Gasteiger partial charge on any atom is -0.480 e. The molecule has 8 N–H and O–H groups in total. The molecule has 0 saturated carbocycles. The van der Waals surface area contributed by atoms with Crippen LogP contribution < -0.4 is 36.9 Å². The number of carboxylic acid groups (broad SMARTS) is 1. The highest BCUT2D eigenvalue weighted by atomic mass is 35.5. The number of methoxy groups -OCH3 is 2. The molecule has 4 aliphatic heterocycles. The number of nitrogens with zero attached hydrogens (tertiary/aromatic N) is 7. The fourth-order valence-electron chi connectivity index (χ4n) is 11.3. The molecule has 0 spiro atoms. The van der Waals surface area contributed by atoms with Crippen molar-refractivity contribution in [2.45, 2.75) is 90.1 Å². The van der Waals surface area contributed by atoms with Gasteiger partial charge in [0.05, 0.1) is 74.5 Å². The van der Waals surface area contributed by atoms with E-state index in [4.69, 9.17) is 36.0 Å². The zero-order chi connectivity index (χ0) is 58.2. The van der Waals surface area contributed by atoms with E-state index in [-0.39, 0.29) is 58.6 Å². The van der Waals surface area contributed by atoms with Gasteiger partial charge >= 0.3 is 23.7 Å². The van der Waals surface area contributed by atoms with Crippen LogP contribution >= 0.6 is 35.1 Å². The molecule has 24 heteroatoms. The molecule has 0 radical (unpaired) electrons. The van der Waals surface area contributed by atoms with E-state index in [0.29, 0.717) is 36.3 Å². The number of piperidine rings is 4. The largest absolute Gasteiger partial charge is 0.480 e. The number of pyridine rings is 2. The van der Waals surface area contributed by atoms with Crippen molar-refractivity contribution in [2.24, 2.45) is 35.1 Å². The number of amides is 5. The number of carbonyl (C=O) groups excluding carboxylic acids is 5. The number of nitrogens with two attached hydrogens (primary N) is 2. The van der Waals surface area contributed by atoms with E-state index in [9.17, 15) is 28.8 Å². The Kier molecular flexibility index (Phi) is 21.4. The van der Waals surface area contributed by atoms with E-state index >= 15 is 0 Å². The van der Waals surface area contributed by atoms with Crippen molar-refractivity contribution in [2.75, 3.05) is 78.2 Å². The molecule has 4 saturated heterocycles. The zero-order valence-electron chi connectivity index (χ0n) is 47.6. The molecule has 0 bridgehead atoms. The van der Waals surface area contributed by atoms with Gasteiger partial charge in [0.2, 0.25) is 11.8 Å². The van der Waals surface area contributed by atoms with Crippen LogP contribution in [0.25, 0.3) is 20.4 Å². The number of hydrogen-bond donors (Lipinski definition) is 6. The van der Waals surface area contributed by atoms with Gasteiger partial charge in [-0.2, -0.15) is 0 Å². The predicted octanol–water partition coefficient (Wildman–Crippen LogP) is 7.84. The Morgan fingerprint density at radius 1 is 0.646 bits per heavy atom. The summed E-state index contributed by atoms with van der Waals surface area (Å²) in [5.74, 6) is -2.43. The second kappa shape index (κ2) is 27.9. The van der Waals surface area contributed by atoms with Crippen molar-refractivity contribution in [3.63, 3.8) is 0 Å². The van der Waals surface area contributed by atoms with Gasteiger partial charge in [-0.15, -0.1) is 35.1 Å². The van der Waals surface area contributed by atoms with Gasteiger partial charge in [-0.3, -0.25) is 24.0 Å². The smallest absolute Gasteiger partial charge is 0.394 e. The average molecular weight is 1180 g/mol. The molecule has 21 nitrogen and oxygen atoms in total. The fraction of sp³-hybridized carbons (Fsp3) is 0.483. The molecule has 0 aliphatic carbocycles. The van der Waals surface area contributed by atoms with Crippen LogP contribution in [-0.2, 0) is 19.2 Å². The molecule has 4 aliphatic rings. The second-order valence-electron chi connectivity index (χ2n) is 22.1. The lowest BCUT2D eigenvalue weighted by Gasteiger charge is -2.38. The standard InChI is InChI=1S/C29H36N6O4S.C20H29N3S.C9H9N3O5.ClH/c1-16-5-7-23(18-6-8-24-22(11-18)33-28(40-24)20-9-10-34(3)15-17(20)2)35(14-16)29(38)26(37)32-19-12-21(25(30)36)27(39-4)31-13-19;1-13-4-6-17(21-11-13)15-5-7-19-18(10-15)22-20(24-19)16-8-9-23(3)12-14(16)2;1-17-8-5(6(10)13)2-4(3-11-8)12-7(14)9(15)16;/h6,8,11-13,16-17,20,23H,5,7,9-10,14-15H2,1-4H3,(H2,30,36)(H,32,37);5,7,10,13-14,16-17,21H,4,6,8-9,11-12H2,1-3H3;2-3H,1H3,(H2,10,13)(H,12,14)(H,15,16);1H/t16-,17-,20-,23+;13-,14-,16-,17+;;/m00../s1. The number of halogens is 1. The first-order valence-corrected chi connectivity index (χ1v) is 29.1. The number of fused-ring (bicyclic) bond motifs is 2. The quantitative estimate of drug-likeness (QED) is 0.0712. The van der Waals surface area contributed by atoms with Crippen molar-refractivity contribution >= 4 is 102 Å². The van der Waals surface area contributed by atoms with Crippen LogP contribution in [0, 0.1) is 23.7 Å². The van der Waals surface area contributed by atoms with Gasteiger partial charge < -0.3 is 56.7 Å². The molecule has 6 aromatic rings. The molecule has 4 fully saturated rings. The van der Waals surface area contributed by atoms with Gasteiger partial charge in [0.1, 0.15) is 11.1 Å². The third-order valence-electron chi connectivity index (χ3n) is 15.8. The van der Waals surface area contributed by atoms with E-state index < -0.39 is 35.5 Å². The minimum atomic E-state index is -1.65. The summed E-state index contributed by atoms with van der Waals surface area (Å²) in [4.78, 5) is 94.8. The Balaban J connectivity index is 0.000000195. The zero-order valence-corrected chi connectivity index (χ0v) is 50.1. The highest BCUT2D eigenvalue weighted by molar-refractivity contribution is 7.19. The van der Waals surface area contributed by atoms with Gasteiger partial charge in [0.15, 0.2) is 0 Å². The Bertz CT molecular complexity index is 3280. The van der Waals surface area contributed by atoms with Crippen LogP contribution in [0.5, 0.6) is 11.8 Å². The van der Waals surface area contributed by atoms with Crippen molar-refractivity contribution in [1.29, 1.82) is 0 Å². The second-order valence-corrected chi connectivity index (χ2v) is 24.3. The molecule has 2 aromatic carbocycles.